The third-order valence-electron chi connectivity index (χ3n) is 3.23. The second-order valence-electron chi connectivity index (χ2n) is 5.11. The first-order valence-corrected chi connectivity index (χ1v) is 7.73. The first kappa shape index (κ1) is 17.5. The number of ether oxygens (including phenoxy) is 2. The molecule has 2 rings (SSSR count). The third kappa shape index (κ3) is 5.35. The van der Waals surface area contributed by atoms with Crippen molar-refractivity contribution in [2.45, 2.75) is 26.4 Å². The van der Waals surface area contributed by atoms with Crippen LogP contribution in [0.2, 0.25) is 0 Å². The second kappa shape index (κ2) is 8.67. The Labute approximate surface area is 138 Å². The van der Waals surface area contributed by atoms with E-state index in [2.05, 4.69) is 4.98 Å². The van der Waals surface area contributed by atoms with Crippen LogP contribution in [0.15, 0.2) is 46.1 Å². The van der Waals surface area contributed by atoms with Gasteiger partial charge in [0.1, 0.15) is 6.73 Å². The van der Waals surface area contributed by atoms with E-state index in [1.807, 2.05) is 30.3 Å². The lowest BCUT2D eigenvalue weighted by Crippen LogP contribution is -2.33. The van der Waals surface area contributed by atoms with Crippen molar-refractivity contribution in [3.63, 3.8) is 0 Å². The normalized spacial score (nSPS) is 12.3. The Morgan fingerprint density at radius 3 is 2.70 bits per heavy atom. The van der Waals surface area contributed by atoms with Gasteiger partial charge in [-0.05, 0) is 12.5 Å². The van der Waals surface area contributed by atoms with Crippen LogP contribution in [0.5, 0.6) is 0 Å². The number of hydrogen-bond donors (Lipinski definition) is 1. The summed E-state index contributed by atoms with van der Waals surface area (Å²) < 4.78 is 12.4. The highest BCUT2D eigenvalue weighted by Gasteiger charge is 2.10. The molecule has 1 aromatic carbocycles. The number of alkyl halides is 1. The summed E-state index contributed by atoms with van der Waals surface area (Å²) in [7, 11) is 0. The van der Waals surface area contributed by atoms with E-state index >= 15 is 0 Å². The Kier molecular flexibility index (Phi) is 6.58. The van der Waals surface area contributed by atoms with Crippen molar-refractivity contribution in [1.29, 1.82) is 0 Å². The van der Waals surface area contributed by atoms with Gasteiger partial charge in [-0.15, -0.1) is 11.6 Å². The Morgan fingerprint density at radius 1 is 1.26 bits per heavy atom. The number of nitrogens with zero attached hydrogens (tertiary/aromatic N) is 1. The first-order valence-electron chi connectivity index (χ1n) is 7.19. The molecule has 0 aliphatic carbocycles. The Balaban J connectivity index is 1.84. The van der Waals surface area contributed by atoms with Crippen molar-refractivity contribution in [3.05, 3.63) is 68.5 Å². The zero-order valence-corrected chi connectivity index (χ0v) is 13.6. The lowest BCUT2D eigenvalue weighted by molar-refractivity contribution is -0.0390. The van der Waals surface area contributed by atoms with Crippen molar-refractivity contribution < 1.29 is 9.47 Å². The molecule has 1 N–H and O–H groups in total. The van der Waals surface area contributed by atoms with Crippen LogP contribution in [0.25, 0.3) is 0 Å². The summed E-state index contributed by atoms with van der Waals surface area (Å²) in [6, 6.07) is 9.77. The van der Waals surface area contributed by atoms with Crippen LogP contribution < -0.4 is 11.2 Å². The molecule has 0 bridgehead atoms. The average Bonchev–Trinajstić information content (AvgIpc) is 2.56. The molecule has 1 atom stereocenters. The number of benzene rings is 1. The number of aryl methyl sites for hydroxylation is 1. The van der Waals surface area contributed by atoms with E-state index in [4.69, 9.17) is 21.1 Å². The predicted octanol–water partition coefficient (Wildman–Crippen LogP) is 1.64. The molecule has 23 heavy (non-hydrogen) atoms. The van der Waals surface area contributed by atoms with Crippen LogP contribution in [0, 0.1) is 6.92 Å². The quantitative estimate of drug-likeness (QED) is 0.743. The molecule has 1 unspecified atom stereocenters. The lowest BCUT2D eigenvalue weighted by Gasteiger charge is -2.16. The van der Waals surface area contributed by atoms with Crippen molar-refractivity contribution in [2.75, 3.05) is 12.5 Å². The van der Waals surface area contributed by atoms with E-state index in [0.717, 1.165) is 5.56 Å². The van der Waals surface area contributed by atoms with Gasteiger partial charge in [0, 0.05) is 11.8 Å². The minimum absolute atomic E-state index is 0.00252. The molecule has 2 aromatic rings. The van der Waals surface area contributed by atoms with E-state index in [1.165, 1.54) is 10.8 Å². The van der Waals surface area contributed by atoms with Gasteiger partial charge in [0.15, 0.2) is 0 Å². The molecule has 0 amide bonds. The van der Waals surface area contributed by atoms with E-state index in [1.54, 1.807) is 6.92 Å². The summed E-state index contributed by atoms with van der Waals surface area (Å²) >= 11 is 5.86. The molecule has 0 saturated heterocycles. The number of rotatable bonds is 8. The maximum Gasteiger partial charge on any atom is 0.330 e. The minimum atomic E-state index is -0.515. The number of halogens is 1. The molecule has 0 radical (unpaired) electrons. The fourth-order valence-corrected chi connectivity index (χ4v) is 2.10. The maximum absolute atomic E-state index is 11.7. The van der Waals surface area contributed by atoms with E-state index < -0.39 is 11.2 Å². The summed E-state index contributed by atoms with van der Waals surface area (Å²) in [5, 5.41) is 0. The van der Waals surface area contributed by atoms with Crippen molar-refractivity contribution in [1.82, 2.24) is 9.55 Å². The number of hydrogen-bond acceptors (Lipinski definition) is 4. The largest absolute Gasteiger partial charge is 0.374 e. The highest BCUT2D eigenvalue weighted by molar-refractivity contribution is 6.18. The Morgan fingerprint density at radius 2 is 2.00 bits per heavy atom. The van der Waals surface area contributed by atoms with Gasteiger partial charge < -0.3 is 9.47 Å². The Bertz CT molecular complexity index is 727. The van der Waals surface area contributed by atoms with Gasteiger partial charge in [0.05, 0.1) is 25.2 Å². The van der Waals surface area contributed by atoms with E-state index in [0.29, 0.717) is 18.8 Å². The number of aromatic nitrogens is 2. The smallest absolute Gasteiger partial charge is 0.330 e. The van der Waals surface area contributed by atoms with Crippen LogP contribution in [-0.4, -0.2) is 28.1 Å². The zero-order valence-electron chi connectivity index (χ0n) is 12.8. The molecule has 1 heterocycles. The molecule has 6 nitrogen and oxygen atoms in total. The summed E-state index contributed by atoms with van der Waals surface area (Å²) in [6.45, 7) is 2.41. The van der Waals surface area contributed by atoms with Crippen LogP contribution in [0.4, 0.5) is 0 Å². The topological polar surface area (TPSA) is 73.3 Å². The van der Waals surface area contributed by atoms with Gasteiger partial charge in [-0.3, -0.25) is 14.3 Å². The summed E-state index contributed by atoms with van der Waals surface area (Å²) in [4.78, 5) is 25.2. The second-order valence-corrected chi connectivity index (χ2v) is 5.42. The summed E-state index contributed by atoms with van der Waals surface area (Å²) in [5.41, 5.74) is 0.592. The molecule has 124 valence electrons. The minimum Gasteiger partial charge on any atom is -0.374 e. The number of aromatic amines is 1. The first-order chi connectivity index (χ1) is 11.1. The average molecular weight is 339 g/mol. The van der Waals surface area contributed by atoms with Gasteiger partial charge >= 0.3 is 5.69 Å². The van der Waals surface area contributed by atoms with Gasteiger partial charge in [-0.1, -0.05) is 30.3 Å². The van der Waals surface area contributed by atoms with Gasteiger partial charge in [-0.2, -0.15) is 0 Å². The Hall–Kier alpha value is -1.89. The van der Waals surface area contributed by atoms with Crippen LogP contribution in [0.1, 0.15) is 11.1 Å². The molecule has 0 fully saturated rings. The molecule has 1 aromatic heterocycles. The van der Waals surface area contributed by atoms with Crippen molar-refractivity contribution in [3.8, 4) is 0 Å². The molecular formula is C16H19ClN2O4. The fourth-order valence-electron chi connectivity index (χ4n) is 1.92. The fraction of sp³-hybridized carbons (Fsp3) is 0.375. The standard InChI is InChI=1S/C16H19ClN2O4/c1-12-8-19(16(21)18-15(12)20)11-23-14(7-17)10-22-9-13-5-3-2-4-6-13/h2-6,8,14H,7,9-11H2,1H3,(H,18,20,21). The van der Waals surface area contributed by atoms with Crippen LogP contribution >= 0.6 is 11.6 Å². The number of H-pyrrole nitrogens is 1. The molecule has 7 heteroatoms. The van der Waals surface area contributed by atoms with Gasteiger partial charge in [0.25, 0.3) is 5.56 Å². The summed E-state index contributed by atoms with van der Waals surface area (Å²) in [6.07, 6.45) is 1.11. The van der Waals surface area contributed by atoms with Crippen molar-refractivity contribution in [2.24, 2.45) is 0 Å². The van der Waals surface area contributed by atoms with Gasteiger partial charge in [0.2, 0.25) is 0 Å². The van der Waals surface area contributed by atoms with Gasteiger partial charge in [-0.25, -0.2) is 4.79 Å². The number of nitrogens with one attached hydrogen (secondary N) is 1. The molecule has 0 aliphatic rings. The molecule has 0 spiro atoms. The van der Waals surface area contributed by atoms with Crippen molar-refractivity contribution >= 4 is 11.6 Å². The molecule has 0 aliphatic heterocycles. The summed E-state index contributed by atoms with van der Waals surface area (Å²) in [5.74, 6) is 0.242. The molecule has 0 saturated carbocycles. The molecular weight excluding hydrogens is 320 g/mol. The highest BCUT2D eigenvalue weighted by atomic mass is 35.5. The zero-order chi connectivity index (χ0) is 16.7. The van der Waals surface area contributed by atoms with E-state index in [-0.39, 0.29) is 18.7 Å². The maximum atomic E-state index is 11.7. The highest BCUT2D eigenvalue weighted by Crippen LogP contribution is 2.04. The predicted molar refractivity (Wildman–Crippen MR) is 87.8 cm³/mol. The SMILES string of the molecule is Cc1cn(COC(CCl)COCc2ccccc2)c(=O)[nH]c1=O. The van der Waals surface area contributed by atoms with E-state index in [9.17, 15) is 9.59 Å². The lowest BCUT2D eigenvalue weighted by atomic mass is 10.2. The third-order valence-corrected chi connectivity index (χ3v) is 3.57. The van der Waals surface area contributed by atoms with Crippen LogP contribution in [-0.2, 0) is 22.8 Å². The van der Waals surface area contributed by atoms with Crippen LogP contribution in [0.3, 0.4) is 0 Å². The monoisotopic (exact) mass is 338 g/mol.